The van der Waals surface area contributed by atoms with E-state index >= 15 is 0 Å². The summed E-state index contributed by atoms with van der Waals surface area (Å²) in [6, 6.07) is 9.26. The third kappa shape index (κ3) is 4.61. The molecule has 5 nitrogen and oxygen atoms in total. The largest absolute Gasteiger partial charge is 0.493 e. The molecule has 0 unspecified atom stereocenters. The lowest BCUT2D eigenvalue weighted by Gasteiger charge is -2.10. The number of hydrogen-bond acceptors (Lipinski definition) is 6. The van der Waals surface area contributed by atoms with Gasteiger partial charge in [0.15, 0.2) is 11.5 Å². The van der Waals surface area contributed by atoms with E-state index in [2.05, 4.69) is 4.98 Å². The Morgan fingerprint density at radius 3 is 2.79 bits per heavy atom. The third-order valence-electron chi connectivity index (χ3n) is 3.76. The first kappa shape index (κ1) is 20.1. The molecule has 8 heteroatoms. The minimum absolute atomic E-state index is 0.0740. The average molecular weight is 422 g/mol. The molecule has 28 heavy (non-hydrogen) atoms. The molecule has 0 aliphatic heterocycles. The number of carbonyl (C=O) groups excluding carboxylic acids is 1. The lowest BCUT2D eigenvalue weighted by atomic mass is 10.2. The van der Waals surface area contributed by atoms with Gasteiger partial charge in [0.25, 0.3) is 0 Å². The molecule has 0 radical (unpaired) electrons. The third-order valence-corrected chi connectivity index (χ3v) is 4.94. The van der Waals surface area contributed by atoms with Gasteiger partial charge in [-0.15, -0.1) is 11.3 Å². The van der Waals surface area contributed by atoms with Gasteiger partial charge in [-0.05, 0) is 43.3 Å². The Balaban J connectivity index is 1.70. The van der Waals surface area contributed by atoms with Crippen LogP contribution < -0.4 is 9.47 Å². The molecule has 2 aromatic carbocycles. The van der Waals surface area contributed by atoms with Crippen molar-refractivity contribution in [3.05, 3.63) is 63.9 Å². The van der Waals surface area contributed by atoms with Gasteiger partial charge in [0.05, 0.1) is 25.0 Å². The first-order valence-corrected chi connectivity index (χ1v) is 9.65. The summed E-state index contributed by atoms with van der Waals surface area (Å²) < 4.78 is 29.8. The summed E-state index contributed by atoms with van der Waals surface area (Å²) in [6.07, 6.45) is 0. The fourth-order valence-electron chi connectivity index (χ4n) is 2.45. The first-order valence-electron chi connectivity index (χ1n) is 8.39. The molecule has 1 aromatic heterocycles. The Kier molecular flexibility index (Phi) is 6.49. The van der Waals surface area contributed by atoms with Crippen LogP contribution in [0.25, 0.3) is 10.6 Å². The molecule has 3 aromatic rings. The fraction of sp³-hybridized carbons (Fsp3) is 0.200. The van der Waals surface area contributed by atoms with Gasteiger partial charge in [-0.1, -0.05) is 11.6 Å². The number of thiazole rings is 1. The van der Waals surface area contributed by atoms with Gasteiger partial charge < -0.3 is 14.2 Å². The second kappa shape index (κ2) is 9.03. The first-order chi connectivity index (χ1) is 13.5. The van der Waals surface area contributed by atoms with Crippen molar-refractivity contribution < 1.29 is 23.4 Å². The van der Waals surface area contributed by atoms with Crippen molar-refractivity contribution in [1.29, 1.82) is 0 Å². The number of aromatic nitrogens is 1. The van der Waals surface area contributed by atoms with E-state index in [1.54, 1.807) is 12.5 Å². The summed E-state index contributed by atoms with van der Waals surface area (Å²) in [7, 11) is 1.57. The number of ether oxygens (including phenoxy) is 3. The van der Waals surface area contributed by atoms with Crippen LogP contribution in [-0.4, -0.2) is 24.7 Å². The van der Waals surface area contributed by atoms with Crippen LogP contribution in [0.1, 0.15) is 23.0 Å². The molecular formula is C20H17ClFNO4S. The molecular weight excluding hydrogens is 405 g/mol. The number of rotatable bonds is 7. The Morgan fingerprint density at radius 1 is 1.21 bits per heavy atom. The van der Waals surface area contributed by atoms with Crippen LogP contribution in [0.3, 0.4) is 0 Å². The summed E-state index contributed by atoms with van der Waals surface area (Å²) in [5.41, 5.74) is 1.20. The molecule has 1 heterocycles. The van der Waals surface area contributed by atoms with Crippen LogP contribution in [0, 0.1) is 5.82 Å². The van der Waals surface area contributed by atoms with Gasteiger partial charge in [0.2, 0.25) is 0 Å². The highest BCUT2D eigenvalue weighted by atomic mass is 35.5. The maximum atomic E-state index is 13.7. The minimum Gasteiger partial charge on any atom is -0.493 e. The van der Waals surface area contributed by atoms with E-state index in [1.165, 1.54) is 23.5 Å². The molecule has 0 saturated heterocycles. The van der Waals surface area contributed by atoms with E-state index < -0.39 is 11.8 Å². The maximum Gasteiger partial charge on any atom is 0.341 e. The fourth-order valence-corrected chi connectivity index (χ4v) is 3.43. The number of benzene rings is 2. The standard InChI is InChI=1S/C20H17ClFNO4S/c1-3-26-17-7-4-12(8-18(17)25-2)19-23-14(11-28-19)10-27-20(24)15-9-13(21)5-6-16(15)22/h4-9,11H,3,10H2,1-2H3. The van der Waals surface area contributed by atoms with Crippen molar-refractivity contribution >= 4 is 28.9 Å². The Morgan fingerprint density at radius 2 is 2.04 bits per heavy atom. The normalized spacial score (nSPS) is 10.6. The molecule has 0 spiro atoms. The highest BCUT2D eigenvalue weighted by Gasteiger charge is 2.15. The van der Waals surface area contributed by atoms with E-state index in [4.69, 9.17) is 25.8 Å². The number of hydrogen-bond donors (Lipinski definition) is 0. The average Bonchev–Trinajstić information content (AvgIpc) is 3.17. The van der Waals surface area contributed by atoms with Crippen molar-refractivity contribution in [2.45, 2.75) is 13.5 Å². The van der Waals surface area contributed by atoms with Crippen molar-refractivity contribution in [3.63, 3.8) is 0 Å². The van der Waals surface area contributed by atoms with Crippen molar-refractivity contribution in [3.8, 4) is 22.1 Å². The molecule has 146 valence electrons. The van der Waals surface area contributed by atoms with Gasteiger partial charge in [0.1, 0.15) is 17.4 Å². The van der Waals surface area contributed by atoms with E-state index in [1.807, 2.05) is 25.1 Å². The second-order valence-corrected chi connectivity index (χ2v) is 6.94. The van der Waals surface area contributed by atoms with Gasteiger partial charge in [0, 0.05) is 16.0 Å². The van der Waals surface area contributed by atoms with Crippen LogP contribution >= 0.6 is 22.9 Å². The molecule has 0 aliphatic carbocycles. The van der Waals surface area contributed by atoms with Gasteiger partial charge in [-0.3, -0.25) is 0 Å². The predicted octanol–water partition coefficient (Wildman–Crippen LogP) is 5.37. The number of nitrogens with zero attached hydrogens (tertiary/aromatic N) is 1. The Labute approximate surface area is 170 Å². The smallest absolute Gasteiger partial charge is 0.341 e. The lowest BCUT2D eigenvalue weighted by molar-refractivity contribution is 0.0463. The van der Waals surface area contributed by atoms with Crippen LogP contribution in [0.2, 0.25) is 5.02 Å². The maximum absolute atomic E-state index is 13.7. The van der Waals surface area contributed by atoms with Gasteiger partial charge in [-0.25, -0.2) is 14.2 Å². The highest BCUT2D eigenvalue weighted by Crippen LogP contribution is 2.34. The van der Waals surface area contributed by atoms with E-state index in [0.29, 0.717) is 23.8 Å². The molecule has 0 atom stereocenters. The molecule has 0 saturated carbocycles. The number of carbonyl (C=O) groups is 1. The van der Waals surface area contributed by atoms with E-state index in [0.717, 1.165) is 16.6 Å². The minimum atomic E-state index is -0.794. The highest BCUT2D eigenvalue weighted by molar-refractivity contribution is 7.13. The molecule has 0 N–H and O–H groups in total. The molecule has 0 bridgehead atoms. The monoisotopic (exact) mass is 421 g/mol. The zero-order valence-corrected chi connectivity index (χ0v) is 16.8. The topological polar surface area (TPSA) is 57.7 Å². The quantitative estimate of drug-likeness (QED) is 0.480. The zero-order chi connectivity index (χ0) is 20.1. The predicted molar refractivity (Wildman–Crippen MR) is 106 cm³/mol. The molecule has 0 fully saturated rings. The van der Waals surface area contributed by atoms with Crippen LogP contribution in [0.15, 0.2) is 41.8 Å². The van der Waals surface area contributed by atoms with Gasteiger partial charge in [-0.2, -0.15) is 0 Å². The number of methoxy groups -OCH3 is 1. The Bertz CT molecular complexity index is 992. The van der Waals surface area contributed by atoms with Crippen LogP contribution in [-0.2, 0) is 11.3 Å². The van der Waals surface area contributed by atoms with Crippen molar-refractivity contribution in [2.24, 2.45) is 0 Å². The summed E-state index contributed by atoms with van der Waals surface area (Å²) in [6.45, 7) is 2.36. The lowest BCUT2D eigenvalue weighted by Crippen LogP contribution is -2.07. The summed E-state index contributed by atoms with van der Waals surface area (Å²) in [4.78, 5) is 16.5. The van der Waals surface area contributed by atoms with Crippen molar-refractivity contribution in [1.82, 2.24) is 4.98 Å². The SMILES string of the molecule is CCOc1ccc(-c2nc(COC(=O)c3cc(Cl)ccc3F)cs2)cc1OC. The summed E-state index contributed by atoms with van der Waals surface area (Å²) in [5, 5.41) is 2.77. The van der Waals surface area contributed by atoms with Gasteiger partial charge >= 0.3 is 5.97 Å². The van der Waals surface area contributed by atoms with Crippen LogP contribution in [0.5, 0.6) is 11.5 Å². The molecule has 0 amide bonds. The molecule has 3 rings (SSSR count). The zero-order valence-electron chi connectivity index (χ0n) is 15.2. The van der Waals surface area contributed by atoms with Crippen molar-refractivity contribution in [2.75, 3.05) is 13.7 Å². The molecule has 0 aliphatic rings. The van der Waals surface area contributed by atoms with E-state index in [-0.39, 0.29) is 17.2 Å². The van der Waals surface area contributed by atoms with E-state index in [9.17, 15) is 9.18 Å². The van der Waals surface area contributed by atoms with Crippen LogP contribution in [0.4, 0.5) is 4.39 Å². The Hall–Kier alpha value is -2.64. The summed E-state index contributed by atoms with van der Waals surface area (Å²) >= 11 is 7.20. The number of esters is 1. The second-order valence-electron chi connectivity index (χ2n) is 5.64. The number of halogens is 2. The summed E-state index contributed by atoms with van der Waals surface area (Å²) in [5.74, 6) is -0.214.